The molecular formula is C19H34N4O2. The van der Waals surface area contributed by atoms with Crippen LogP contribution in [-0.4, -0.2) is 50.1 Å². The lowest BCUT2D eigenvalue weighted by Crippen LogP contribution is -2.40. The lowest BCUT2D eigenvalue weighted by Gasteiger charge is -2.27. The van der Waals surface area contributed by atoms with Gasteiger partial charge in [0.2, 0.25) is 6.41 Å². The SMILES string of the molecule is CC(Cc1ccc2c(c1)CCO2)N(C)CC(N)CCCCN.NC=O. The van der Waals surface area contributed by atoms with Crippen LogP contribution in [0.4, 0.5) is 0 Å². The number of hydrogen-bond acceptors (Lipinski definition) is 5. The molecule has 2 atom stereocenters. The third-order valence-corrected chi connectivity index (χ3v) is 4.59. The van der Waals surface area contributed by atoms with Crippen molar-refractivity contribution in [3.63, 3.8) is 0 Å². The Labute approximate surface area is 151 Å². The molecule has 0 bridgehead atoms. The van der Waals surface area contributed by atoms with Crippen molar-refractivity contribution in [1.82, 2.24) is 4.90 Å². The number of hydrogen-bond donors (Lipinski definition) is 3. The van der Waals surface area contributed by atoms with E-state index in [1.807, 2.05) is 0 Å². The number of nitrogens with two attached hydrogens (primary N) is 3. The minimum atomic E-state index is 0.243. The monoisotopic (exact) mass is 350 g/mol. The highest BCUT2D eigenvalue weighted by molar-refractivity contribution is 5.42. The first-order valence-corrected chi connectivity index (χ1v) is 9.07. The maximum absolute atomic E-state index is 8.58. The summed E-state index contributed by atoms with van der Waals surface area (Å²) in [6.45, 7) is 4.81. The van der Waals surface area contributed by atoms with E-state index in [0.29, 0.717) is 6.04 Å². The Morgan fingerprint density at radius 1 is 1.36 bits per heavy atom. The molecule has 1 amide bonds. The van der Waals surface area contributed by atoms with Crippen LogP contribution in [0.5, 0.6) is 5.75 Å². The smallest absolute Gasteiger partial charge is 0.204 e. The van der Waals surface area contributed by atoms with E-state index < -0.39 is 0 Å². The van der Waals surface area contributed by atoms with Crippen molar-refractivity contribution < 1.29 is 9.53 Å². The predicted molar refractivity (Wildman–Crippen MR) is 103 cm³/mol. The van der Waals surface area contributed by atoms with Gasteiger partial charge in [0.1, 0.15) is 5.75 Å². The molecule has 0 aromatic heterocycles. The quantitative estimate of drug-likeness (QED) is 0.456. The molecule has 6 nitrogen and oxygen atoms in total. The van der Waals surface area contributed by atoms with Crippen LogP contribution in [0.25, 0.3) is 0 Å². The molecule has 0 radical (unpaired) electrons. The molecule has 0 saturated heterocycles. The summed E-state index contributed by atoms with van der Waals surface area (Å²) in [4.78, 5) is 11.0. The number of carbonyl (C=O) groups excluding carboxylic acids is 1. The first kappa shape index (κ1) is 21.4. The fourth-order valence-electron chi connectivity index (χ4n) is 3.06. The maximum Gasteiger partial charge on any atom is 0.204 e. The molecular weight excluding hydrogens is 316 g/mol. The van der Waals surface area contributed by atoms with Gasteiger partial charge in [0.25, 0.3) is 0 Å². The Morgan fingerprint density at radius 3 is 2.76 bits per heavy atom. The minimum Gasteiger partial charge on any atom is -0.493 e. The highest BCUT2D eigenvalue weighted by atomic mass is 16.5. The van der Waals surface area contributed by atoms with E-state index in [2.05, 4.69) is 42.8 Å². The first-order valence-electron chi connectivity index (χ1n) is 9.07. The van der Waals surface area contributed by atoms with E-state index in [-0.39, 0.29) is 12.5 Å². The van der Waals surface area contributed by atoms with Crippen LogP contribution in [0.3, 0.4) is 0 Å². The highest BCUT2D eigenvalue weighted by Crippen LogP contribution is 2.26. The van der Waals surface area contributed by atoms with E-state index in [1.54, 1.807) is 0 Å². The van der Waals surface area contributed by atoms with Crippen LogP contribution < -0.4 is 21.9 Å². The molecule has 142 valence electrons. The summed E-state index contributed by atoms with van der Waals surface area (Å²) in [5, 5.41) is 0. The number of ether oxygens (including phenoxy) is 1. The van der Waals surface area contributed by atoms with Gasteiger partial charge >= 0.3 is 0 Å². The van der Waals surface area contributed by atoms with Gasteiger partial charge in [-0.25, -0.2) is 0 Å². The molecule has 2 rings (SSSR count). The number of fused-ring (bicyclic) bond motifs is 1. The number of nitrogens with zero attached hydrogens (tertiary/aromatic N) is 1. The van der Waals surface area contributed by atoms with Gasteiger partial charge in [0.15, 0.2) is 0 Å². The van der Waals surface area contributed by atoms with Gasteiger partial charge in [-0.2, -0.15) is 0 Å². The van der Waals surface area contributed by atoms with Gasteiger partial charge in [0, 0.05) is 25.0 Å². The van der Waals surface area contributed by atoms with E-state index in [1.165, 1.54) is 11.1 Å². The molecule has 1 heterocycles. The van der Waals surface area contributed by atoms with Crippen LogP contribution in [0.1, 0.15) is 37.3 Å². The Kier molecular flexibility index (Phi) is 10.1. The van der Waals surface area contributed by atoms with Crippen molar-refractivity contribution in [2.24, 2.45) is 17.2 Å². The summed E-state index contributed by atoms with van der Waals surface area (Å²) in [6, 6.07) is 7.33. The zero-order valence-electron chi connectivity index (χ0n) is 15.6. The molecule has 0 spiro atoms. The lowest BCUT2D eigenvalue weighted by atomic mass is 10.0. The Balaban J connectivity index is 0.000000970. The number of primary amides is 1. The molecule has 6 N–H and O–H groups in total. The van der Waals surface area contributed by atoms with Crippen molar-refractivity contribution >= 4 is 6.41 Å². The number of carbonyl (C=O) groups is 1. The first-order chi connectivity index (χ1) is 12.0. The van der Waals surface area contributed by atoms with Gasteiger partial charge in [-0.3, -0.25) is 4.79 Å². The van der Waals surface area contributed by atoms with E-state index >= 15 is 0 Å². The summed E-state index contributed by atoms with van der Waals surface area (Å²) in [7, 11) is 2.17. The standard InChI is InChI=1S/C18H31N3O.CH3NO/c1-14(21(2)13-17(20)5-3-4-9-19)11-15-6-7-18-16(12-15)8-10-22-18;2-1-3/h6-7,12,14,17H,3-5,8-11,13,19-20H2,1-2H3;1H,(H2,2,3). The van der Waals surface area contributed by atoms with Crippen molar-refractivity contribution in [3.8, 4) is 5.75 Å². The third kappa shape index (κ3) is 7.86. The van der Waals surface area contributed by atoms with Crippen LogP contribution in [0, 0.1) is 0 Å². The third-order valence-electron chi connectivity index (χ3n) is 4.59. The Hall–Kier alpha value is -1.63. The molecule has 0 fully saturated rings. The Bertz CT molecular complexity index is 510. The molecule has 1 aromatic rings. The number of likely N-dealkylation sites (N-methyl/N-ethyl adjacent to an activating group) is 1. The zero-order chi connectivity index (χ0) is 18.7. The fraction of sp³-hybridized carbons (Fsp3) is 0.632. The highest BCUT2D eigenvalue weighted by Gasteiger charge is 2.16. The Morgan fingerprint density at radius 2 is 2.08 bits per heavy atom. The van der Waals surface area contributed by atoms with Crippen LogP contribution in [0.2, 0.25) is 0 Å². The van der Waals surface area contributed by atoms with Gasteiger partial charge in [0.05, 0.1) is 6.61 Å². The van der Waals surface area contributed by atoms with Crippen molar-refractivity contribution in [2.75, 3.05) is 26.7 Å². The zero-order valence-corrected chi connectivity index (χ0v) is 15.6. The average molecular weight is 351 g/mol. The number of rotatable bonds is 9. The van der Waals surface area contributed by atoms with Gasteiger partial charge in [-0.15, -0.1) is 0 Å². The molecule has 0 saturated carbocycles. The minimum absolute atomic E-state index is 0.243. The largest absolute Gasteiger partial charge is 0.493 e. The number of benzene rings is 1. The molecule has 2 unspecified atom stereocenters. The molecule has 1 aliphatic heterocycles. The maximum atomic E-state index is 8.58. The number of amides is 1. The molecule has 25 heavy (non-hydrogen) atoms. The van der Waals surface area contributed by atoms with Crippen molar-refractivity contribution in [2.45, 2.75) is 51.1 Å². The number of unbranched alkanes of at least 4 members (excludes halogenated alkanes) is 1. The molecule has 1 aromatic carbocycles. The summed E-state index contributed by atoms with van der Waals surface area (Å²) < 4.78 is 5.57. The average Bonchev–Trinajstić information content (AvgIpc) is 3.03. The van der Waals surface area contributed by atoms with Crippen molar-refractivity contribution in [3.05, 3.63) is 29.3 Å². The normalized spacial score (nSPS) is 14.9. The second-order valence-corrected chi connectivity index (χ2v) is 6.71. The molecule has 0 aliphatic carbocycles. The summed E-state index contributed by atoms with van der Waals surface area (Å²) in [5.74, 6) is 1.06. The van der Waals surface area contributed by atoms with Gasteiger partial charge < -0.3 is 26.8 Å². The summed E-state index contributed by atoms with van der Waals surface area (Å²) >= 11 is 0. The van der Waals surface area contributed by atoms with Crippen LogP contribution in [0.15, 0.2) is 18.2 Å². The molecule has 6 heteroatoms. The van der Waals surface area contributed by atoms with E-state index in [0.717, 1.165) is 57.6 Å². The predicted octanol–water partition coefficient (Wildman–Crippen LogP) is 1.04. The van der Waals surface area contributed by atoms with Crippen molar-refractivity contribution in [1.29, 1.82) is 0 Å². The lowest BCUT2D eigenvalue weighted by molar-refractivity contribution is -0.106. The van der Waals surface area contributed by atoms with Crippen LogP contribution >= 0.6 is 0 Å². The van der Waals surface area contributed by atoms with Crippen LogP contribution in [-0.2, 0) is 17.6 Å². The topological polar surface area (TPSA) is 108 Å². The fourth-order valence-corrected chi connectivity index (χ4v) is 3.06. The second-order valence-electron chi connectivity index (χ2n) is 6.71. The van der Waals surface area contributed by atoms with Gasteiger partial charge in [-0.1, -0.05) is 18.6 Å². The van der Waals surface area contributed by atoms with E-state index in [4.69, 9.17) is 21.0 Å². The van der Waals surface area contributed by atoms with E-state index in [9.17, 15) is 0 Å². The summed E-state index contributed by atoms with van der Waals surface area (Å²) in [5.41, 5.74) is 18.7. The van der Waals surface area contributed by atoms with Gasteiger partial charge in [-0.05, 0) is 57.0 Å². The second kappa shape index (κ2) is 11.8. The molecule has 1 aliphatic rings. The summed E-state index contributed by atoms with van der Waals surface area (Å²) in [6.07, 6.45) is 5.61.